The molecule has 0 radical (unpaired) electrons. The minimum absolute atomic E-state index is 0.0911. The molecule has 3 aromatic rings. The van der Waals surface area contributed by atoms with E-state index in [1.165, 1.54) is 4.57 Å². The lowest BCUT2D eigenvalue weighted by molar-refractivity contribution is -0.121. The van der Waals surface area contributed by atoms with Crippen LogP contribution in [0.3, 0.4) is 0 Å². The molecule has 3 rings (SSSR count). The molecule has 0 bridgehead atoms. The van der Waals surface area contributed by atoms with E-state index in [1.54, 1.807) is 32.2 Å². The average molecular weight is 453 g/mol. The molecule has 0 saturated carbocycles. The van der Waals surface area contributed by atoms with E-state index in [4.69, 9.17) is 9.47 Å². The number of methoxy groups -OCH3 is 1. The molecule has 0 aliphatic carbocycles. The van der Waals surface area contributed by atoms with E-state index in [-0.39, 0.29) is 18.0 Å². The topological polar surface area (TPSA) is 85.7 Å². The molecule has 0 unspecified atom stereocenters. The highest BCUT2D eigenvalue weighted by atomic mass is 16.5. The van der Waals surface area contributed by atoms with Crippen LogP contribution in [0.4, 0.5) is 0 Å². The number of carbonyl (C=O) groups excluding carboxylic acids is 1. The lowest BCUT2D eigenvalue weighted by atomic mass is 10.2. The number of hydrogen-bond donors (Lipinski definition) is 1. The second-order valence-electron chi connectivity index (χ2n) is 7.70. The molecule has 0 aliphatic heterocycles. The van der Waals surface area contributed by atoms with Crippen molar-refractivity contribution in [3.8, 4) is 11.5 Å². The summed E-state index contributed by atoms with van der Waals surface area (Å²) in [6, 6.07) is 12.7. The van der Waals surface area contributed by atoms with Gasteiger partial charge in [-0.1, -0.05) is 32.0 Å². The number of aromatic nitrogens is 2. The quantitative estimate of drug-likeness (QED) is 0.482. The van der Waals surface area contributed by atoms with Crippen molar-refractivity contribution in [1.29, 1.82) is 0 Å². The Hall–Kier alpha value is -3.39. The van der Waals surface area contributed by atoms with Gasteiger partial charge in [0.1, 0.15) is 19.0 Å². The van der Waals surface area contributed by atoms with Crippen molar-refractivity contribution in [3.05, 3.63) is 64.2 Å². The van der Waals surface area contributed by atoms with Gasteiger partial charge in [0, 0.05) is 13.1 Å². The monoisotopic (exact) mass is 452 g/mol. The Morgan fingerprint density at radius 3 is 2.61 bits per heavy atom. The van der Waals surface area contributed by atoms with Gasteiger partial charge in [0.15, 0.2) is 11.5 Å². The smallest absolute Gasteiger partial charge is 0.261 e. The normalized spacial score (nSPS) is 11.1. The van der Waals surface area contributed by atoms with Gasteiger partial charge in [0.25, 0.3) is 5.56 Å². The number of hydrogen-bond acceptors (Lipinski definition) is 6. The molecule has 0 fully saturated rings. The second kappa shape index (κ2) is 11.5. The zero-order chi connectivity index (χ0) is 23.8. The van der Waals surface area contributed by atoms with Gasteiger partial charge in [0.2, 0.25) is 5.91 Å². The maximum absolute atomic E-state index is 12.8. The number of rotatable bonds is 11. The van der Waals surface area contributed by atoms with E-state index in [0.29, 0.717) is 41.4 Å². The molecule has 1 N–H and O–H groups in total. The minimum atomic E-state index is -0.268. The van der Waals surface area contributed by atoms with Crippen LogP contribution in [0.5, 0.6) is 11.5 Å². The fraction of sp³-hybridized carbons (Fsp3) is 0.400. The molecule has 33 heavy (non-hydrogen) atoms. The Bertz CT molecular complexity index is 1150. The van der Waals surface area contributed by atoms with Crippen LogP contribution in [0, 0.1) is 6.92 Å². The first-order chi connectivity index (χ1) is 16.0. The molecule has 176 valence electrons. The van der Waals surface area contributed by atoms with Crippen LogP contribution in [0.2, 0.25) is 0 Å². The first-order valence-electron chi connectivity index (χ1n) is 11.2. The molecular formula is C25H32N4O4. The molecule has 8 nitrogen and oxygen atoms in total. The lowest BCUT2D eigenvalue weighted by Gasteiger charge is -2.19. The Morgan fingerprint density at radius 1 is 1.12 bits per heavy atom. The third kappa shape index (κ3) is 6.10. The maximum Gasteiger partial charge on any atom is 0.261 e. The second-order valence-corrected chi connectivity index (χ2v) is 7.70. The summed E-state index contributed by atoms with van der Waals surface area (Å²) in [6.45, 7) is 9.58. The number of fused-ring (bicyclic) bond motifs is 1. The van der Waals surface area contributed by atoms with Gasteiger partial charge >= 0.3 is 0 Å². The third-order valence-corrected chi connectivity index (χ3v) is 5.63. The summed E-state index contributed by atoms with van der Waals surface area (Å²) < 4.78 is 12.7. The third-order valence-electron chi connectivity index (χ3n) is 5.63. The number of aryl methyl sites for hydroxylation is 1. The Kier molecular flexibility index (Phi) is 8.43. The molecule has 0 atom stereocenters. The largest absolute Gasteiger partial charge is 0.493 e. The number of nitrogens with zero attached hydrogens (tertiary/aromatic N) is 3. The van der Waals surface area contributed by atoms with Gasteiger partial charge in [-0.05, 0) is 49.8 Å². The zero-order valence-electron chi connectivity index (χ0n) is 19.8. The van der Waals surface area contributed by atoms with E-state index >= 15 is 0 Å². The van der Waals surface area contributed by atoms with E-state index in [2.05, 4.69) is 29.0 Å². The number of ether oxygens (including phenoxy) is 2. The van der Waals surface area contributed by atoms with Crippen molar-refractivity contribution >= 4 is 16.8 Å². The number of likely N-dealkylation sites (N-methyl/N-ethyl adjacent to an activating group) is 1. The Balaban J connectivity index is 1.61. The predicted molar refractivity (Wildman–Crippen MR) is 129 cm³/mol. The summed E-state index contributed by atoms with van der Waals surface area (Å²) in [5.41, 5.74) is 1.28. The first kappa shape index (κ1) is 24.3. The predicted octanol–water partition coefficient (Wildman–Crippen LogP) is 2.75. The van der Waals surface area contributed by atoms with Crippen molar-refractivity contribution in [2.45, 2.75) is 33.9 Å². The summed E-state index contributed by atoms with van der Waals surface area (Å²) in [4.78, 5) is 32.0. The Morgan fingerprint density at radius 2 is 1.88 bits per heavy atom. The van der Waals surface area contributed by atoms with E-state index in [0.717, 1.165) is 25.2 Å². The van der Waals surface area contributed by atoms with Crippen LogP contribution in [-0.2, 0) is 17.9 Å². The number of benzene rings is 2. The average Bonchev–Trinajstić information content (AvgIpc) is 2.83. The van der Waals surface area contributed by atoms with Crippen LogP contribution in [0.1, 0.15) is 25.2 Å². The van der Waals surface area contributed by atoms with Gasteiger partial charge in [-0.15, -0.1) is 0 Å². The molecule has 1 aromatic heterocycles. The van der Waals surface area contributed by atoms with Crippen molar-refractivity contribution in [3.63, 3.8) is 0 Å². The van der Waals surface area contributed by atoms with Crippen LogP contribution >= 0.6 is 0 Å². The zero-order valence-corrected chi connectivity index (χ0v) is 19.8. The van der Waals surface area contributed by atoms with Gasteiger partial charge in [-0.25, -0.2) is 4.98 Å². The number of amides is 1. The molecular weight excluding hydrogens is 420 g/mol. The first-order valence-corrected chi connectivity index (χ1v) is 11.2. The standard InChI is InChI=1S/C25H32N4O4/c1-5-28(6-2)13-14-33-22-12-11-19(15-23(22)32-4)16-26-24(30)17-29-18(3)27-21-10-8-7-9-20(21)25(29)31/h7-12,15H,5-6,13-14,16-17H2,1-4H3,(H,26,30). The molecule has 0 spiro atoms. The lowest BCUT2D eigenvalue weighted by Crippen LogP contribution is -2.33. The van der Waals surface area contributed by atoms with Gasteiger partial charge in [0.05, 0.1) is 18.0 Å². The number of nitrogens with one attached hydrogen (secondary N) is 1. The van der Waals surface area contributed by atoms with Crippen LogP contribution in [-0.4, -0.2) is 53.7 Å². The summed E-state index contributed by atoms with van der Waals surface area (Å²) >= 11 is 0. The highest BCUT2D eigenvalue weighted by Gasteiger charge is 2.12. The molecule has 1 heterocycles. The van der Waals surface area contributed by atoms with E-state index < -0.39 is 0 Å². The number of carbonyl (C=O) groups is 1. The fourth-order valence-corrected chi connectivity index (χ4v) is 3.63. The summed E-state index contributed by atoms with van der Waals surface area (Å²) in [7, 11) is 1.59. The maximum atomic E-state index is 12.8. The van der Waals surface area contributed by atoms with Crippen LogP contribution < -0.4 is 20.3 Å². The van der Waals surface area contributed by atoms with E-state index in [9.17, 15) is 9.59 Å². The van der Waals surface area contributed by atoms with E-state index in [1.807, 2.05) is 24.3 Å². The highest BCUT2D eigenvalue weighted by Crippen LogP contribution is 2.28. The Labute approximate surface area is 194 Å². The number of para-hydroxylation sites is 1. The van der Waals surface area contributed by atoms with Gasteiger partial charge < -0.3 is 19.7 Å². The van der Waals surface area contributed by atoms with Crippen molar-refractivity contribution in [2.75, 3.05) is 33.4 Å². The molecule has 2 aromatic carbocycles. The molecule has 0 saturated heterocycles. The fourth-order valence-electron chi connectivity index (χ4n) is 3.63. The van der Waals surface area contributed by atoms with Crippen LogP contribution in [0.15, 0.2) is 47.3 Å². The summed E-state index contributed by atoms with van der Waals surface area (Å²) in [5.74, 6) is 1.52. The SMILES string of the molecule is CCN(CC)CCOc1ccc(CNC(=O)Cn2c(C)nc3ccccc3c2=O)cc1OC. The van der Waals surface area contributed by atoms with Crippen LogP contribution in [0.25, 0.3) is 10.9 Å². The molecule has 8 heteroatoms. The van der Waals surface area contributed by atoms with Crippen molar-refractivity contribution in [1.82, 2.24) is 19.8 Å². The van der Waals surface area contributed by atoms with Gasteiger partial charge in [-0.2, -0.15) is 0 Å². The van der Waals surface area contributed by atoms with Crippen molar-refractivity contribution < 1.29 is 14.3 Å². The minimum Gasteiger partial charge on any atom is -0.493 e. The highest BCUT2D eigenvalue weighted by molar-refractivity contribution is 5.79. The van der Waals surface area contributed by atoms with Gasteiger partial charge in [-0.3, -0.25) is 14.2 Å². The molecule has 1 amide bonds. The summed E-state index contributed by atoms with van der Waals surface area (Å²) in [5, 5.41) is 3.36. The van der Waals surface area contributed by atoms with Crippen molar-refractivity contribution in [2.24, 2.45) is 0 Å². The summed E-state index contributed by atoms with van der Waals surface area (Å²) in [6.07, 6.45) is 0. The molecule has 0 aliphatic rings.